The predicted octanol–water partition coefficient (Wildman–Crippen LogP) is 7.94. The highest BCUT2D eigenvalue weighted by molar-refractivity contribution is 6.96. The number of hydrogen-bond donors (Lipinski definition) is 0. The van der Waals surface area contributed by atoms with E-state index >= 15 is 0 Å². The van der Waals surface area contributed by atoms with Crippen molar-refractivity contribution in [3.05, 3.63) is 168 Å². The van der Waals surface area contributed by atoms with Crippen LogP contribution in [0, 0.1) is 20.8 Å². The molecule has 0 fully saturated rings. The van der Waals surface area contributed by atoms with E-state index in [1.165, 1.54) is 38.6 Å². The average Bonchev–Trinajstić information content (AvgIpc) is 3.84. The first-order valence-electron chi connectivity index (χ1n) is 17.4. The van der Waals surface area contributed by atoms with Gasteiger partial charge in [0.25, 0.3) is 0 Å². The quantitative estimate of drug-likeness (QED) is 0.157. The minimum absolute atomic E-state index is 0.0226. The lowest BCUT2D eigenvalue weighted by molar-refractivity contribution is 0.548. The number of allylic oxidation sites excluding steroid dienone is 4. The maximum Gasteiger partial charge on any atom is 0.242 e. The molecule has 5 nitrogen and oxygen atoms in total. The highest BCUT2D eigenvalue weighted by atomic mass is 15.6. The van der Waals surface area contributed by atoms with E-state index in [0.717, 1.165) is 34.7 Å². The van der Waals surface area contributed by atoms with E-state index in [2.05, 4.69) is 181 Å². The monoisotopic (exact) mass is 649 g/mol. The van der Waals surface area contributed by atoms with Crippen molar-refractivity contribution in [3.63, 3.8) is 0 Å². The molecular formula is C44H40BN5. The largest absolute Gasteiger partial charge is 0.311 e. The molecule has 1 aromatic heterocycles. The van der Waals surface area contributed by atoms with Crippen molar-refractivity contribution < 1.29 is 0 Å². The van der Waals surface area contributed by atoms with E-state index in [1.807, 2.05) is 12.4 Å². The molecule has 50 heavy (non-hydrogen) atoms. The van der Waals surface area contributed by atoms with Gasteiger partial charge in [-0.3, -0.25) is 4.68 Å². The van der Waals surface area contributed by atoms with Crippen LogP contribution < -0.4 is 26.3 Å². The van der Waals surface area contributed by atoms with Gasteiger partial charge in [0.1, 0.15) is 13.0 Å². The summed E-state index contributed by atoms with van der Waals surface area (Å²) in [6.45, 7) is 7.36. The first-order chi connectivity index (χ1) is 24.5. The summed E-state index contributed by atoms with van der Waals surface area (Å²) in [5.41, 5.74) is 14.3. The maximum atomic E-state index is 5.28. The number of para-hydroxylation sites is 1. The molecule has 0 unspecified atom stereocenters. The lowest BCUT2D eigenvalue weighted by atomic mass is 9.35. The molecule has 1 aliphatic carbocycles. The Balaban J connectivity index is 1.21. The fourth-order valence-electron chi connectivity index (χ4n) is 7.53. The second-order valence-electron chi connectivity index (χ2n) is 13.4. The number of aromatic nitrogens is 2. The van der Waals surface area contributed by atoms with E-state index < -0.39 is 0 Å². The van der Waals surface area contributed by atoms with Crippen LogP contribution in [-0.2, 0) is 0 Å². The zero-order chi connectivity index (χ0) is 34.0. The SMILES string of the molecule is Cc1cc(C)c(B(c2cccc(-c3cc(-c4ccccc4)n([C@@H]4C=CC=CC4)n3)c2)c2cccc(N3CN(c4ccccc4)C=N3)c2)c(C)c1. The van der Waals surface area contributed by atoms with E-state index in [0.29, 0.717) is 6.67 Å². The molecule has 5 aromatic carbocycles. The third-order valence-corrected chi connectivity index (χ3v) is 9.83. The van der Waals surface area contributed by atoms with Crippen molar-refractivity contribution in [3.8, 4) is 22.5 Å². The Morgan fingerprint density at radius 3 is 2.08 bits per heavy atom. The van der Waals surface area contributed by atoms with Gasteiger partial charge in [-0.2, -0.15) is 10.2 Å². The molecule has 1 atom stereocenters. The zero-order valence-corrected chi connectivity index (χ0v) is 28.8. The molecule has 6 aromatic rings. The molecule has 0 bridgehead atoms. The third-order valence-electron chi connectivity index (χ3n) is 9.83. The Bertz CT molecular complexity index is 2210. The van der Waals surface area contributed by atoms with Crippen LogP contribution in [0.2, 0.25) is 0 Å². The Morgan fingerprint density at radius 2 is 1.34 bits per heavy atom. The molecule has 0 saturated heterocycles. The lowest BCUT2D eigenvalue weighted by Gasteiger charge is -2.23. The van der Waals surface area contributed by atoms with Crippen molar-refractivity contribution in [2.24, 2.45) is 5.10 Å². The molecule has 0 radical (unpaired) electrons. The molecule has 0 saturated carbocycles. The van der Waals surface area contributed by atoms with Crippen LogP contribution in [0.15, 0.2) is 157 Å². The van der Waals surface area contributed by atoms with Gasteiger partial charge >= 0.3 is 0 Å². The minimum atomic E-state index is 0.0226. The van der Waals surface area contributed by atoms with Gasteiger partial charge in [-0.15, -0.1) is 0 Å². The fraction of sp³-hybridized carbons (Fsp3) is 0.136. The van der Waals surface area contributed by atoms with Crippen LogP contribution in [0.5, 0.6) is 0 Å². The molecule has 0 spiro atoms. The zero-order valence-electron chi connectivity index (χ0n) is 28.8. The van der Waals surface area contributed by atoms with Gasteiger partial charge in [0.15, 0.2) is 0 Å². The first-order valence-corrected chi connectivity index (χ1v) is 17.4. The highest BCUT2D eigenvalue weighted by Crippen LogP contribution is 2.31. The number of rotatable bonds is 8. The molecule has 8 rings (SSSR count). The summed E-state index contributed by atoms with van der Waals surface area (Å²) in [4.78, 5) is 2.17. The van der Waals surface area contributed by atoms with Gasteiger partial charge in [0.2, 0.25) is 6.71 Å². The molecule has 1 aliphatic heterocycles. The summed E-state index contributed by atoms with van der Waals surface area (Å²) in [7, 11) is 0. The van der Waals surface area contributed by atoms with Crippen molar-refractivity contribution >= 4 is 40.8 Å². The number of aryl methyl sites for hydroxylation is 3. The summed E-state index contributed by atoms with van der Waals surface area (Å²) in [5, 5.41) is 12.1. The number of hydrogen-bond acceptors (Lipinski definition) is 4. The van der Waals surface area contributed by atoms with Gasteiger partial charge in [-0.05, 0) is 63.1 Å². The molecule has 2 heterocycles. The lowest BCUT2D eigenvalue weighted by Crippen LogP contribution is -2.54. The minimum Gasteiger partial charge on any atom is -0.311 e. The van der Waals surface area contributed by atoms with Gasteiger partial charge in [-0.1, -0.05) is 154 Å². The highest BCUT2D eigenvalue weighted by Gasteiger charge is 2.28. The van der Waals surface area contributed by atoms with Crippen LogP contribution in [0.25, 0.3) is 22.5 Å². The second kappa shape index (κ2) is 13.6. The number of anilines is 2. The summed E-state index contributed by atoms with van der Waals surface area (Å²) in [6.07, 6.45) is 11.5. The normalized spacial score (nSPS) is 15.2. The molecule has 6 heteroatoms. The molecule has 2 aliphatic rings. The number of benzene rings is 5. The average molecular weight is 650 g/mol. The van der Waals surface area contributed by atoms with Crippen LogP contribution in [0.4, 0.5) is 11.4 Å². The van der Waals surface area contributed by atoms with Crippen LogP contribution >= 0.6 is 0 Å². The van der Waals surface area contributed by atoms with E-state index in [4.69, 9.17) is 10.2 Å². The van der Waals surface area contributed by atoms with Crippen molar-refractivity contribution in [1.82, 2.24) is 9.78 Å². The smallest absolute Gasteiger partial charge is 0.242 e. The number of hydrazone groups is 1. The van der Waals surface area contributed by atoms with Crippen molar-refractivity contribution in [2.45, 2.75) is 33.2 Å². The van der Waals surface area contributed by atoms with E-state index in [-0.39, 0.29) is 12.8 Å². The predicted molar refractivity (Wildman–Crippen MR) is 212 cm³/mol. The van der Waals surface area contributed by atoms with Gasteiger partial charge in [-0.25, -0.2) is 5.01 Å². The van der Waals surface area contributed by atoms with Gasteiger partial charge in [0.05, 0.1) is 23.1 Å². The Morgan fingerprint density at radius 1 is 0.660 bits per heavy atom. The van der Waals surface area contributed by atoms with Gasteiger partial charge < -0.3 is 4.90 Å². The standard InChI is InChI=1S/C44H40BN5/c1-32-25-33(2)44(34(3)26-32)45(38-19-14-24-41(28-38)49-31-48(30-46-49)39-20-9-5-10-21-39)37-18-13-17-36(27-37)42-29-43(35-15-7-4-8-16-35)50(47-42)40-22-11-6-12-23-40/h4-22,24-30,40H,23,31H2,1-3H3/t40-/m1/s1. The topological polar surface area (TPSA) is 36.7 Å². The summed E-state index contributed by atoms with van der Waals surface area (Å²) in [5.74, 6) is 0. The van der Waals surface area contributed by atoms with E-state index in [9.17, 15) is 0 Å². The van der Waals surface area contributed by atoms with Gasteiger partial charge in [0, 0.05) is 11.3 Å². The first kappa shape index (κ1) is 31.4. The number of nitrogens with zero attached hydrogens (tertiary/aromatic N) is 5. The van der Waals surface area contributed by atoms with Crippen LogP contribution in [0.1, 0.15) is 29.2 Å². The summed E-state index contributed by atoms with van der Waals surface area (Å²) in [6, 6.07) is 46.0. The molecule has 0 N–H and O–H groups in total. The van der Waals surface area contributed by atoms with Crippen LogP contribution in [-0.4, -0.2) is 29.5 Å². The van der Waals surface area contributed by atoms with E-state index in [1.54, 1.807) is 0 Å². The van der Waals surface area contributed by atoms with Crippen molar-refractivity contribution in [1.29, 1.82) is 0 Å². The maximum absolute atomic E-state index is 5.28. The van der Waals surface area contributed by atoms with Crippen molar-refractivity contribution in [2.75, 3.05) is 16.6 Å². The Hall–Kier alpha value is -5.88. The van der Waals surface area contributed by atoms with Crippen LogP contribution in [0.3, 0.4) is 0 Å². The second-order valence-corrected chi connectivity index (χ2v) is 13.4. The summed E-state index contributed by atoms with van der Waals surface area (Å²) < 4.78 is 2.20. The molecule has 0 amide bonds. The summed E-state index contributed by atoms with van der Waals surface area (Å²) >= 11 is 0. The molecular weight excluding hydrogens is 609 g/mol. The Kier molecular flexibility index (Phi) is 8.51. The molecule has 244 valence electrons. The Labute approximate surface area is 295 Å². The third kappa shape index (κ3) is 6.21. The fourth-order valence-corrected chi connectivity index (χ4v) is 7.53.